The molecule has 0 aliphatic carbocycles. The molecule has 0 fully saturated rings. The number of rotatable bonds is 1. The number of esters is 1. The Kier molecular flexibility index (Phi) is 2.03. The van der Waals surface area contributed by atoms with Crippen LogP contribution in [0.5, 0.6) is 0 Å². The lowest BCUT2D eigenvalue weighted by molar-refractivity contribution is 0.0458. The summed E-state index contributed by atoms with van der Waals surface area (Å²) in [5.41, 5.74) is 3.67. The monoisotopic (exact) mass is 249 g/mol. The van der Waals surface area contributed by atoms with Crippen LogP contribution in [0.25, 0.3) is 10.9 Å². The van der Waals surface area contributed by atoms with Crippen LogP contribution in [0.1, 0.15) is 27.6 Å². The van der Waals surface area contributed by atoms with Crippen molar-refractivity contribution < 1.29 is 9.53 Å². The minimum Gasteiger partial charge on any atom is -0.449 e. The van der Waals surface area contributed by atoms with E-state index in [9.17, 15) is 4.79 Å². The Bertz CT molecular complexity index is 788. The van der Waals surface area contributed by atoms with Crippen molar-refractivity contribution >= 4 is 16.9 Å². The first-order valence-electron chi connectivity index (χ1n) is 6.20. The van der Waals surface area contributed by atoms with E-state index in [1.165, 1.54) is 0 Å². The maximum atomic E-state index is 11.9. The molecule has 0 saturated heterocycles. The minimum atomic E-state index is -0.306. The van der Waals surface area contributed by atoms with E-state index in [-0.39, 0.29) is 12.1 Å². The van der Waals surface area contributed by atoms with Crippen LogP contribution in [-0.4, -0.2) is 11.0 Å². The fourth-order valence-electron chi connectivity index (χ4n) is 2.69. The lowest BCUT2D eigenvalue weighted by Gasteiger charge is -2.09. The van der Waals surface area contributed by atoms with Crippen molar-refractivity contribution in [3.8, 4) is 0 Å². The molecule has 3 heteroatoms. The molecule has 0 spiro atoms. The molecule has 3 nitrogen and oxygen atoms in total. The maximum absolute atomic E-state index is 11.9. The molecule has 1 aromatic heterocycles. The molecule has 0 unspecified atom stereocenters. The van der Waals surface area contributed by atoms with Crippen molar-refractivity contribution in [2.24, 2.45) is 0 Å². The van der Waals surface area contributed by atoms with Crippen LogP contribution >= 0.6 is 0 Å². The third-order valence-electron chi connectivity index (χ3n) is 3.59. The summed E-state index contributed by atoms with van der Waals surface area (Å²) in [7, 11) is 0. The maximum Gasteiger partial charge on any atom is 0.339 e. The molecule has 2 heterocycles. The van der Waals surface area contributed by atoms with Crippen molar-refractivity contribution in [1.29, 1.82) is 0 Å². The minimum absolute atomic E-state index is 0.245. The van der Waals surface area contributed by atoms with Gasteiger partial charge in [-0.2, -0.15) is 0 Å². The number of benzene rings is 2. The third kappa shape index (κ3) is 1.41. The number of nitrogens with one attached hydrogen (secondary N) is 1. The zero-order valence-electron chi connectivity index (χ0n) is 10.1. The van der Waals surface area contributed by atoms with Crippen LogP contribution in [0.15, 0.2) is 54.7 Å². The standard InChI is InChI=1S/C16H11NO2/c18-16-12-7-2-1-6-11(12)15(19-16)13-9-17-14-8-4-3-5-10(13)14/h1-9,15,17H/t15-/m0/s1. The van der Waals surface area contributed by atoms with Gasteiger partial charge in [-0.15, -0.1) is 0 Å². The van der Waals surface area contributed by atoms with E-state index >= 15 is 0 Å². The van der Waals surface area contributed by atoms with Gasteiger partial charge in [0.2, 0.25) is 0 Å². The summed E-state index contributed by atoms with van der Waals surface area (Å²) in [5.74, 6) is -0.245. The first-order valence-corrected chi connectivity index (χ1v) is 6.20. The van der Waals surface area contributed by atoms with Gasteiger partial charge in [-0.1, -0.05) is 36.4 Å². The Balaban J connectivity index is 1.93. The van der Waals surface area contributed by atoms with Gasteiger partial charge in [0.15, 0.2) is 6.10 Å². The quantitative estimate of drug-likeness (QED) is 0.671. The highest BCUT2D eigenvalue weighted by molar-refractivity contribution is 5.95. The zero-order valence-corrected chi connectivity index (χ0v) is 10.1. The van der Waals surface area contributed by atoms with Crippen LogP contribution in [0.2, 0.25) is 0 Å². The molecule has 0 radical (unpaired) electrons. The van der Waals surface area contributed by atoms with Gasteiger partial charge < -0.3 is 9.72 Å². The highest BCUT2D eigenvalue weighted by atomic mass is 16.5. The highest BCUT2D eigenvalue weighted by Crippen LogP contribution is 2.38. The summed E-state index contributed by atoms with van der Waals surface area (Å²) in [6.07, 6.45) is 1.62. The summed E-state index contributed by atoms with van der Waals surface area (Å²) >= 11 is 0. The van der Waals surface area contributed by atoms with Crippen LogP contribution in [0, 0.1) is 0 Å². The number of ether oxygens (including phenoxy) is 1. The molecule has 1 N–H and O–H groups in total. The van der Waals surface area contributed by atoms with Gasteiger partial charge >= 0.3 is 5.97 Å². The average Bonchev–Trinajstić information content (AvgIpc) is 3.01. The van der Waals surface area contributed by atoms with Gasteiger partial charge in [0.25, 0.3) is 0 Å². The molecule has 4 rings (SSSR count). The van der Waals surface area contributed by atoms with Crippen molar-refractivity contribution in [3.63, 3.8) is 0 Å². The number of cyclic esters (lactones) is 1. The normalized spacial score (nSPS) is 17.5. The number of carbonyl (C=O) groups is 1. The van der Waals surface area contributed by atoms with Crippen molar-refractivity contribution in [1.82, 2.24) is 4.98 Å². The molecule has 0 amide bonds. The zero-order chi connectivity index (χ0) is 12.8. The largest absolute Gasteiger partial charge is 0.449 e. The smallest absolute Gasteiger partial charge is 0.339 e. The number of fused-ring (bicyclic) bond motifs is 2. The number of H-pyrrole nitrogens is 1. The topological polar surface area (TPSA) is 42.1 Å². The molecule has 0 bridgehead atoms. The van der Waals surface area contributed by atoms with E-state index < -0.39 is 0 Å². The van der Waals surface area contributed by atoms with Gasteiger partial charge in [-0.25, -0.2) is 4.79 Å². The Morgan fingerprint density at radius 3 is 2.68 bits per heavy atom. The predicted octanol–water partition coefficient (Wildman–Crippen LogP) is 3.43. The number of aromatic amines is 1. The summed E-state index contributed by atoms with van der Waals surface area (Å²) < 4.78 is 5.53. The molecule has 92 valence electrons. The first-order chi connectivity index (χ1) is 9.34. The molecular weight excluding hydrogens is 238 g/mol. The van der Waals surface area contributed by atoms with E-state index in [4.69, 9.17) is 4.74 Å². The van der Waals surface area contributed by atoms with E-state index in [0.29, 0.717) is 5.56 Å². The number of aromatic nitrogens is 1. The SMILES string of the molecule is O=C1O[C@H](c2c[nH]c3ccccc23)c2ccccc21. The molecule has 3 aromatic rings. The molecular formula is C16H11NO2. The van der Waals surface area contributed by atoms with Crippen molar-refractivity contribution in [2.75, 3.05) is 0 Å². The number of carbonyl (C=O) groups excluding carboxylic acids is 1. The van der Waals surface area contributed by atoms with E-state index in [2.05, 4.69) is 4.98 Å². The Morgan fingerprint density at radius 1 is 0.947 bits per heavy atom. The van der Waals surface area contributed by atoms with Gasteiger partial charge in [-0.05, 0) is 12.1 Å². The van der Waals surface area contributed by atoms with E-state index in [0.717, 1.165) is 22.0 Å². The van der Waals surface area contributed by atoms with Gasteiger partial charge in [0.05, 0.1) is 5.56 Å². The fraction of sp³-hybridized carbons (Fsp3) is 0.0625. The molecule has 1 aliphatic rings. The van der Waals surface area contributed by atoms with Crippen LogP contribution < -0.4 is 0 Å². The van der Waals surface area contributed by atoms with Crippen LogP contribution in [0.4, 0.5) is 0 Å². The summed E-state index contributed by atoms with van der Waals surface area (Å²) in [6, 6.07) is 15.6. The molecule has 19 heavy (non-hydrogen) atoms. The van der Waals surface area contributed by atoms with E-state index in [1.54, 1.807) is 0 Å². The predicted molar refractivity (Wildman–Crippen MR) is 72.0 cm³/mol. The van der Waals surface area contributed by atoms with Crippen LogP contribution in [-0.2, 0) is 4.74 Å². The number of hydrogen-bond donors (Lipinski definition) is 1. The molecule has 0 saturated carbocycles. The van der Waals surface area contributed by atoms with Crippen LogP contribution in [0.3, 0.4) is 0 Å². The second-order valence-electron chi connectivity index (χ2n) is 4.66. The third-order valence-corrected chi connectivity index (χ3v) is 3.59. The first kappa shape index (κ1) is 10.4. The Hall–Kier alpha value is -2.55. The summed E-state index contributed by atoms with van der Waals surface area (Å²) in [4.78, 5) is 15.1. The Labute approximate surface area is 109 Å². The second-order valence-corrected chi connectivity index (χ2v) is 4.66. The van der Waals surface area contributed by atoms with Gasteiger partial charge in [0.1, 0.15) is 0 Å². The highest BCUT2D eigenvalue weighted by Gasteiger charge is 2.32. The second kappa shape index (κ2) is 3.72. The number of para-hydroxylation sites is 1. The van der Waals surface area contributed by atoms with E-state index in [1.807, 2.05) is 54.7 Å². The fourth-order valence-corrected chi connectivity index (χ4v) is 2.69. The molecule has 1 atom stereocenters. The molecule has 2 aromatic carbocycles. The number of hydrogen-bond acceptors (Lipinski definition) is 2. The summed E-state index contributed by atoms with van der Waals surface area (Å²) in [5, 5.41) is 1.09. The van der Waals surface area contributed by atoms with Gasteiger partial charge in [0, 0.05) is 28.2 Å². The summed E-state index contributed by atoms with van der Waals surface area (Å²) in [6.45, 7) is 0. The van der Waals surface area contributed by atoms with Crippen molar-refractivity contribution in [2.45, 2.75) is 6.10 Å². The Morgan fingerprint density at radius 2 is 1.74 bits per heavy atom. The molecule has 1 aliphatic heterocycles. The van der Waals surface area contributed by atoms with Crippen molar-refractivity contribution in [3.05, 3.63) is 71.4 Å². The lowest BCUT2D eigenvalue weighted by Crippen LogP contribution is -1.99. The average molecular weight is 249 g/mol. The van der Waals surface area contributed by atoms with Gasteiger partial charge in [-0.3, -0.25) is 0 Å². The lowest BCUT2D eigenvalue weighted by atomic mass is 9.99.